The van der Waals surface area contributed by atoms with Crippen molar-refractivity contribution in [2.45, 2.75) is 13.5 Å². The van der Waals surface area contributed by atoms with Crippen molar-refractivity contribution in [3.8, 4) is 34.4 Å². The van der Waals surface area contributed by atoms with Crippen molar-refractivity contribution in [1.29, 1.82) is 5.26 Å². The molecular formula is C21H15F2NO2. The van der Waals surface area contributed by atoms with Crippen LogP contribution in [-0.2, 0) is 0 Å². The first-order valence-electron chi connectivity index (χ1n) is 7.90. The van der Waals surface area contributed by atoms with E-state index in [-0.39, 0.29) is 11.3 Å². The molecule has 0 spiro atoms. The molecule has 0 amide bonds. The highest BCUT2D eigenvalue weighted by Crippen LogP contribution is 2.36. The number of nitriles is 1. The quantitative estimate of drug-likeness (QED) is 0.572. The molecule has 0 aromatic heterocycles. The summed E-state index contributed by atoms with van der Waals surface area (Å²) in [6.07, 6.45) is 0. The topological polar surface area (TPSA) is 42.2 Å². The van der Waals surface area contributed by atoms with E-state index in [0.717, 1.165) is 5.56 Å². The van der Waals surface area contributed by atoms with Crippen molar-refractivity contribution < 1.29 is 18.3 Å². The number of halogens is 2. The van der Waals surface area contributed by atoms with E-state index in [1.54, 1.807) is 30.3 Å². The van der Waals surface area contributed by atoms with Crippen LogP contribution in [0.15, 0.2) is 66.7 Å². The monoisotopic (exact) mass is 351 g/mol. The summed E-state index contributed by atoms with van der Waals surface area (Å²) in [5.41, 5.74) is 2.08. The van der Waals surface area contributed by atoms with E-state index < -0.39 is 6.61 Å². The number of benzene rings is 3. The average molecular weight is 351 g/mol. The minimum atomic E-state index is -2.99. The average Bonchev–Trinajstić information content (AvgIpc) is 2.63. The summed E-state index contributed by atoms with van der Waals surface area (Å²) in [5, 5.41) is 9.50. The van der Waals surface area contributed by atoms with Crippen LogP contribution >= 0.6 is 0 Å². The van der Waals surface area contributed by atoms with Crippen LogP contribution in [0.4, 0.5) is 8.78 Å². The van der Waals surface area contributed by atoms with Crippen LogP contribution in [0.5, 0.6) is 17.2 Å². The SMILES string of the molecule is Cc1ccc(OC(F)F)c(C#N)c1-c1cccc(Oc2ccccc2)c1. The Balaban J connectivity index is 2.04. The molecule has 0 aliphatic carbocycles. The molecule has 0 radical (unpaired) electrons. The number of rotatable bonds is 5. The predicted molar refractivity (Wildman–Crippen MR) is 94.5 cm³/mol. The van der Waals surface area contributed by atoms with Gasteiger partial charge in [0.05, 0.1) is 0 Å². The lowest BCUT2D eigenvalue weighted by atomic mass is 9.94. The molecule has 0 N–H and O–H groups in total. The van der Waals surface area contributed by atoms with Crippen molar-refractivity contribution >= 4 is 0 Å². The van der Waals surface area contributed by atoms with Gasteiger partial charge >= 0.3 is 6.61 Å². The van der Waals surface area contributed by atoms with Crippen LogP contribution in [0.2, 0.25) is 0 Å². The van der Waals surface area contributed by atoms with Gasteiger partial charge in [0.15, 0.2) is 0 Å². The molecule has 0 aliphatic rings. The zero-order valence-corrected chi connectivity index (χ0v) is 13.9. The lowest BCUT2D eigenvalue weighted by Crippen LogP contribution is -2.05. The summed E-state index contributed by atoms with van der Waals surface area (Å²) < 4.78 is 35.6. The molecule has 0 saturated heterocycles. The second-order valence-corrected chi connectivity index (χ2v) is 5.56. The van der Waals surface area contributed by atoms with Crippen molar-refractivity contribution in [3.05, 3.63) is 77.9 Å². The smallest absolute Gasteiger partial charge is 0.387 e. The van der Waals surface area contributed by atoms with E-state index in [0.29, 0.717) is 22.6 Å². The van der Waals surface area contributed by atoms with E-state index in [4.69, 9.17) is 4.74 Å². The van der Waals surface area contributed by atoms with Gasteiger partial charge in [-0.2, -0.15) is 14.0 Å². The van der Waals surface area contributed by atoms with Gasteiger partial charge in [-0.1, -0.05) is 36.4 Å². The molecule has 0 saturated carbocycles. The highest BCUT2D eigenvalue weighted by Gasteiger charge is 2.17. The van der Waals surface area contributed by atoms with Gasteiger partial charge in [0.25, 0.3) is 0 Å². The third-order valence-corrected chi connectivity index (χ3v) is 3.80. The summed E-state index contributed by atoms with van der Waals surface area (Å²) in [7, 11) is 0. The first-order chi connectivity index (χ1) is 12.6. The van der Waals surface area contributed by atoms with Gasteiger partial charge in [0.1, 0.15) is 28.9 Å². The van der Waals surface area contributed by atoms with Gasteiger partial charge in [-0.25, -0.2) is 0 Å². The van der Waals surface area contributed by atoms with Crippen molar-refractivity contribution in [2.75, 3.05) is 0 Å². The number of hydrogen-bond donors (Lipinski definition) is 0. The normalized spacial score (nSPS) is 10.4. The Morgan fingerprint density at radius 3 is 2.35 bits per heavy atom. The first-order valence-corrected chi connectivity index (χ1v) is 7.90. The predicted octanol–water partition coefficient (Wildman–Crippen LogP) is 5.93. The highest BCUT2D eigenvalue weighted by molar-refractivity contribution is 5.77. The first kappa shape index (κ1) is 17.4. The number of nitrogens with zero attached hydrogens (tertiary/aromatic N) is 1. The number of alkyl halides is 2. The Labute approximate surface area is 150 Å². The molecule has 3 aromatic carbocycles. The van der Waals surface area contributed by atoms with Crippen LogP contribution in [0.25, 0.3) is 11.1 Å². The maximum atomic E-state index is 12.6. The van der Waals surface area contributed by atoms with Crippen LogP contribution in [0.1, 0.15) is 11.1 Å². The molecule has 26 heavy (non-hydrogen) atoms. The maximum absolute atomic E-state index is 12.6. The largest absolute Gasteiger partial charge is 0.457 e. The van der Waals surface area contributed by atoms with E-state index in [9.17, 15) is 14.0 Å². The van der Waals surface area contributed by atoms with Gasteiger partial charge in [-0.05, 0) is 48.4 Å². The number of hydrogen-bond acceptors (Lipinski definition) is 3. The van der Waals surface area contributed by atoms with Gasteiger partial charge in [-0.15, -0.1) is 0 Å². The fraction of sp³-hybridized carbons (Fsp3) is 0.0952. The number of ether oxygens (including phenoxy) is 2. The summed E-state index contributed by atoms with van der Waals surface area (Å²) in [5.74, 6) is 1.12. The molecular weight excluding hydrogens is 336 g/mol. The van der Waals surface area contributed by atoms with Crippen molar-refractivity contribution in [3.63, 3.8) is 0 Å². The van der Waals surface area contributed by atoms with Crippen molar-refractivity contribution in [1.82, 2.24) is 0 Å². The molecule has 0 bridgehead atoms. The maximum Gasteiger partial charge on any atom is 0.387 e. The lowest BCUT2D eigenvalue weighted by molar-refractivity contribution is -0.0500. The molecule has 0 heterocycles. The lowest BCUT2D eigenvalue weighted by Gasteiger charge is -2.14. The molecule has 3 nitrogen and oxygen atoms in total. The third kappa shape index (κ3) is 3.81. The highest BCUT2D eigenvalue weighted by atomic mass is 19.3. The Morgan fingerprint density at radius 1 is 0.923 bits per heavy atom. The van der Waals surface area contributed by atoms with Gasteiger partial charge in [0, 0.05) is 5.56 Å². The Hall–Kier alpha value is -3.39. The second kappa shape index (κ2) is 7.66. The fourth-order valence-electron chi connectivity index (χ4n) is 2.70. The Kier molecular flexibility index (Phi) is 5.14. The summed E-state index contributed by atoms with van der Waals surface area (Å²) in [4.78, 5) is 0. The van der Waals surface area contributed by atoms with Gasteiger partial charge < -0.3 is 9.47 Å². The molecule has 5 heteroatoms. The molecule has 0 atom stereocenters. The number of para-hydroxylation sites is 1. The fourth-order valence-corrected chi connectivity index (χ4v) is 2.70. The second-order valence-electron chi connectivity index (χ2n) is 5.56. The molecule has 0 unspecified atom stereocenters. The molecule has 0 fully saturated rings. The van der Waals surface area contributed by atoms with E-state index >= 15 is 0 Å². The molecule has 0 aliphatic heterocycles. The van der Waals surface area contributed by atoms with E-state index in [1.807, 2.05) is 43.3 Å². The molecule has 3 aromatic rings. The van der Waals surface area contributed by atoms with E-state index in [1.165, 1.54) is 6.07 Å². The van der Waals surface area contributed by atoms with Gasteiger partial charge in [-0.3, -0.25) is 0 Å². The minimum absolute atomic E-state index is 0.0714. The van der Waals surface area contributed by atoms with Crippen LogP contribution in [0, 0.1) is 18.3 Å². The minimum Gasteiger partial charge on any atom is -0.457 e. The van der Waals surface area contributed by atoms with E-state index in [2.05, 4.69) is 4.74 Å². The zero-order valence-electron chi connectivity index (χ0n) is 13.9. The number of aryl methyl sites for hydroxylation is 1. The Morgan fingerprint density at radius 2 is 1.65 bits per heavy atom. The van der Waals surface area contributed by atoms with Crippen molar-refractivity contribution in [2.24, 2.45) is 0 Å². The molecule has 130 valence electrons. The zero-order chi connectivity index (χ0) is 18.5. The van der Waals surface area contributed by atoms with Gasteiger partial charge in [0.2, 0.25) is 0 Å². The summed E-state index contributed by atoms with van der Waals surface area (Å²) >= 11 is 0. The Bertz CT molecular complexity index is 950. The molecule has 3 rings (SSSR count). The third-order valence-electron chi connectivity index (χ3n) is 3.80. The summed E-state index contributed by atoms with van der Waals surface area (Å²) in [6, 6.07) is 21.4. The van der Waals surface area contributed by atoms with Crippen LogP contribution in [0.3, 0.4) is 0 Å². The van der Waals surface area contributed by atoms with Crippen LogP contribution in [-0.4, -0.2) is 6.61 Å². The summed E-state index contributed by atoms with van der Waals surface area (Å²) in [6.45, 7) is -1.18. The standard InChI is InChI=1S/C21H15F2NO2/c1-14-10-11-19(26-21(22)23)18(13-24)20(14)15-6-5-9-17(12-15)25-16-7-3-2-4-8-16/h2-12,21H,1H3. The van der Waals surface area contributed by atoms with Crippen LogP contribution < -0.4 is 9.47 Å².